The van der Waals surface area contributed by atoms with E-state index in [9.17, 15) is 9.18 Å². The van der Waals surface area contributed by atoms with Gasteiger partial charge in [0.15, 0.2) is 0 Å². The zero-order chi connectivity index (χ0) is 22.9. The first-order chi connectivity index (χ1) is 16.0. The summed E-state index contributed by atoms with van der Waals surface area (Å²) in [6.45, 7) is 3.20. The normalized spacial score (nSPS) is 14.0. The van der Waals surface area contributed by atoms with Gasteiger partial charge in [-0.25, -0.2) is 9.37 Å². The number of benzene rings is 2. The Morgan fingerprint density at radius 1 is 1.12 bits per heavy atom. The van der Waals surface area contributed by atoms with Crippen molar-refractivity contribution in [3.8, 4) is 11.1 Å². The second-order valence-electron chi connectivity index (χ2n) is 7.76. The second-order valence-corrected chi connectivity index (χ2v) is 8.17. The third-order valence-electron chi connectivity index (χ3n) is 5.68. The molecule has 9 heteroatoms. The Labute approximate surface area is 194 Å². The van der Waals surface area contributed by atoms with Crippen LogP contribution in [0.2, 0.25) is 5.02 Å². The van der Waals surface area contributed by atoms with Gasteiger partial charge in [-0.05, 0) is 42.5 Å². The fraction of sp³-hybridized carbons (Fsp3) is 0.208. The molecule has 2 aromatic carbocycles. The number of halogens is 2. The van der Waals surface area contributed by atoms with Gasteiger partial charge < -0.3 is 15.0 Å². The maximum Gasteiger partial charge on any atom is 0.259 e. The van der Waals surface area contributed by atoms with Crippen molar-refractivity contribution in [2.75, 3.05) is 36.5 Å². The van der Waals surface area contributed by atoms with E-state index >= 15 is 0 Å². The van der Waals surface area contributed by atoms with Crippen molar-refractivity contribution in [3.63, 3.8) is 0 Å². The minimum atomic E-state index is -0.557. The number of ether oxygens (including phenoxy) is 1. The highest BCUT2D eigenvalue weighted by molar-refractivity contribution is 6.33. The van der Waals surface area contributed by atoms with E-state index in [1.807, 2.05) is 24.3 Å². The number of aryl methyl sites for hydroxylation is 1. The Balaban J connectivity index is 1.45. The van der Waals surface area contributed by atoms with Crippen LogP contribution in [0.5, 0.6) is 0 Å². The molecule has 0 bridgehead atoms. The second kappa shape index (κ2) is 8.80. The molecular weight excluding hydrogens is 445 g/mol. The third-order valence-corrected chi connectivity index (χ3v) is 6.00. The Morgan fingerprint density at radius 3 is 2.61 bits per heavy atom. The predicted octanol–water partition coefficient (Wildman–Crippen LogP) is 4.37. The Bertz CT molecular complexity index is 1360. The minimum Gasteiger partial charge on any atom is -0.378 e. The molecule has 0 aliphatic carbocycles. The van der Waals surface area contributed by atoms with Gasteiger partial charge in [0.25, 0.3) is 5.56 Å². The number of hydrogen-bond donors (Lipinski definition) is 1. The van der Waals surface area contributed by atoms with E-state index in [-0.39, 0.29) is 16.1 Å². The monoisotopic (exact) mass is 465 g/mol. The van der Waals surface area contributed by atoms with Gasteiger partial charge in [0, 0.05) is 48.7 Å². The van der Waals surface area contributed by atoms with Crippen LogP contribution in [-0.4, -0.2) is 40.8 Å². The van der Waals surface area contributed by atoms with E-state index in [1.54, 1.807) is 25.4 Å². The highest BCUT2D eigenvalue weighted by atomic mass is 35.5. The molecule has 0 radical (unpaired) electrons. The lowest BCUT2D eigenvalue weighted by molar-refractivity contribution is 0.122. The van der Waals surface area contributed by atoms with E-state index in [2.05, 4.69) is 20.2 Å². The molecule has 1 aliphatic heterocycles. The molecule has 0 spiro atoms. The molecule has 2 aromatic heterocycles. The Morgan fingerprint density at radius 2 is 1.88 bits per heavy atom. The summed E-state index contributed by atoms with van der Waals surface area (Å²) in [5.41, 5.74) is 2.23. The quantitative estimate of drug-likeness (QED) is 0.482. The lowest BCUT2D eigenvalue weighted by Crippen LogP contribution is -2.36. The SMILES string of the molecule is Cn1c(=O)c(-c2c(F)cccc2Cl)cc2cnc(Nc3ccc(N4CCOCC4)cc3)nc21. The van der Waals surface area contributed by atoms with Crippen LogP contribution in [0, 0.1) is 5.82 Å². The smallest absolute Gasteiger partial charge is 0.259 e. The molecule has 7 nitrogen and oxygen atoms in total. The van der Waals surface area contributed by atoms with E-state index < -0.39 is 11.4 Å². The van der Waals surface area contributed by atoms with Crippen LogP contribution in [0.4, 0.5) is 21.7 Å². The number of morpholine rings is 1. The van der Waals surface area contributed by atoms with Gasteiger partial charge in [0.2, 0.25) is 5.95 Å². The molecule has 3 heterocycles. The predicted molar refractivity (Wildman–Crippen MR) is 128 cm³/mol. The number of anilines is 3. The van der Waals surface area contributed by atoms with Gasteiger partial charge in [-0.1, -0.05) is 17.7 Å². The molecule has 1 N–H and O–H groups in total. The minimum absolute atomic E-state index is 0.0734. The molecule has 0 atom stereocenters. The fourth-order valence-corrected chi connectivity index (χ4v) is 4.21. The van der Waals surface area contributed by atoms with E-state index in [0.717, 1.165) is 37.7 Å². The molecule has 1 aliphatic rings. The lowest BCUT2D eigenvalue weighted by atomic mass is 10.1. The first-order valence-electron chi connectivity index (χ1n) is 10.5. The van der Waals surface area contributed by atoms with E-state index in [0.29, 0.717) is 17.0 Å². The average molecular weight is 466 g/mol. The zero-order valence-corrected chi connectivity index (χ0v) is 18.6. The van der Waals surface area contributed by atoms with Crippen molar-refractivity contribution < 1.29 is 9.13 Å². The first-order valence-corrected chi connectivity index (χ1v) is 10.9. The highest BCUT2D eigenvalue weighted by Crippen LogP contribution is 2.30. The lowest BCUT2D eigenvalue weighted by Gasteiger charge is -2.28. The summed E-state index contributed by atoms with van der Waals surface area (Å²) in [6.07, 6.45) is 1.60. The largest absolute Gasteiger partial charge is 0.378 e. The third kappa shape index (κ3) is 4.15. The zero-order valence-electron chi connectivity index (χ0n) is 17.9. The number of fused-ring (bicyclic) bond motifs is 1. The summed E-state index contributed by atoms with van der Waals surface area (Å²) in [4.78, 5) is 24.1. The van der Waals surface area contributed by atoms with Gasteiger partial charge in [0.05, 0.1) is 23.8 Å². The van der Waals surface area contributed by atoms with Gasteiger partial charge >= 0.3 is 0 Å². The maximum absolute atomic E-state index is 14.4. The topological polar surface area (TPSA) is 72.3 Å². The van der Waals surface area contributed by atoms with Crippen LogP contribution < -0.4 is 15.8 Å². The number of rotatable bonds is 4. The number of nitrogens with zero attached hydrogens (tertiary/aromatic N) is 4. The molecule has 1 fully saturated rings. The number of pyridine rings is 1. The molecule has 0 unspecified atom stereocenters. The van der Waals surface area contributed by atoms with Gasteiger partial charge in [-0.3, -0.25) is 9.36 Å². The maximum atomic E-state index is 14.4. The standard InChI is InChI=1S/C24H21ClFN5O2/c1-30-22-15(13-18(23(30)32)21-19(25)3-2-4-20(21)26)14-27-24(29-22)28-16-5-7-17(8-6-16)31-9-11-33-12-10-31/h2-8,13-14H,9-12H2,1H3,(H,27,28,29). The van der Waals surface area contributed by atoms with Crippen molar-refractivity contribution in [1.82, 2.24) is 14.5 Å². The highest BCUT2D eigenvalue weighted by Gasteiger charge is 2.17. The Hall–Kier alpha value is -3.49. The van der Waals surface area contributed by atoms with Crippen LogP contribution >= 0.6 is 11.6 Å². The summed E-state index contributed by atoms with van der Waals surface area (Å²) >= 11 is 6.18. The van der Waals surface area contributed by atoms with Crippen LogP contribution in [0.1, 0.15) is 0 Å². The van der Waals surface area contributed by atoms with Crippen molar-refractivity contribution in [2.45, 2.75) is 0 Å². The van der Waals surface area contributed by atoms with Crippen LogP contribution in [0.3, 0.4) is 0 Å². The number of hydrogen-bond acceptors (Lipinski definition) is 6. The van der Waals surface area contributed by atoms with E-state index in [1.165, 1.54) is 16.7 Å². The van der Waals surface area contributed by atoms with Crippen molar-refractivity contribution in [2.24, 2.45) is 7.05 Å². The average Bonchev–Trinajstić information content (AvgIpc) is 2.83. The molecule has 5 rings (SSSR count). The van der Waals surface area contributed by atoms with Gasteiger partial charge in [0.1, 0.15) is 11.5 Å². The molecule has 4 aromatic rings. The van der Waals surface area contributed by atoms with Crippen molar-refractivity contribution >= 4 is 40.0 Å². The first kappa shape index (κ1) is 21.4. The van der Waals surface area contributed by atoms with Gasteiger partial charge in [-0.15, -0.1) is 0 Å². The summed E-state index contributed by atoms with van der Waals surface area (Å²) in [7, 11) is 1.59. The van der Waals surface area contributed by atoms with E-state index in [4.69, 9.17) is 16.3 Å². The summed E-state index contributed by atoms with van der Waals surface area (Å²) in [6, 6.07) is 13.9. The summed E-state index contributed by atoms with van der Waals surface area (Å²) < 4.78 is 21.2. The molecule has 0 amide bonds. The van der Waals surface area contributed by atoms with Crippen molar-refractivity contribution in [1.29, 1.82) is 0 Å². The number of nitrogens with one attached hydrogen (secondary N) is 1. The summed E-state index contributed by atoms with van der Waals surface area (Å²) in [5, 5.41) is 3.94. The van der Waals surface area contributed by atoms with Crippen LogP contribution in [0.25, 0.3) is 22.2 Å². The molecular formula is C24H21ClFN5O2. The molecule has 168 valence electrons. The molecule has 1 saturated heterocycles. The molecule has 33 heavy (non-hydrogen) atoms. The summed E-state index contributed by atoms with van der Waals surface area (Å²) in [5.74, 6) is -0.202. The van der Waals surface area contributed by atoms with Crippen LogP contribution in [-0.2, 0) is 11.8 Å². The number of aromatic nitrogens is 3. The van der Waals surface area contributed by atoms with Crippen molar-refractivity contribution in [3.05, 3.63) is 75.9 Å². The molecule has 0 saturated carbocycles. The van der Waals surface area contributed by atoms with Crippen LogP contribution in [0.15, 0.2) is 59.5 Å². The fourth-order valence-electron chi connectivity index (χ4n) is 3.95. The Kier molecular flexibility index (Phi) is 5.70. The van der Waals surface area contributed by atoms with Gasteiger partial charge in [-0.2, -0.15) is 4.98 Å².